The van der Waals surface area contributed by atoms with Gasteiger partial charge in [0.05, 0.1) is 6.20 Å². The van der Waals surface area contributed by atoms with E-state index in [0.29, 0.717) is 10.6 Å². The highest BCUT2D eigenvalue weighted by Crippen LogP contribution is 2.33. The van der Waals surface area contributed by atoms with Crippen molar-refractivity contribution in [2.75, 3.05) is 0 Å². The topological polar surface area (TPSA) is 68.3 Å². The van der Waals surface area contributed by atoms with Gasteiger partial charge in [0.25, 0.3) is 0 Å². The van der Waals surface area contributed by atoms with Crippen LogP contribution in [0.15, 0.2) is 35.1 Å². The first-order valence-electron chi connectivity index (χ1n) is 5.51. The van der Waals surface area contributed by atoms with Crippen molar-refractivity contribution in [3.05, 3.63) is 41.2 Å². The van der Waals surface area contributed by atoms with Crippen LogP contribution in [0, 0.1) is 0 Å². The van der Waals surface area contributed by atoms with Crippen LogP contribution in [0.2, 0.25) is 5.02 Å². The normalized spacial score (nSPS) is 11.1. The minimum Gasteiger partial charge on any atom is -0.477 e. The molecule has 2 aromatic heterocycles. The van der Waals surface area contributed by atoms with Gasteiger partial charge in [-0.15, -0.1) is 0 Å². The molecule has 19 heavy (non-hydrogen) atoms. The summed E-state index contributed by atoms with van der Waals surface area (Å²) in [5.74, 6) is -0.817. The number of hydrogen-bond acceptors (Lipinski definition) is 3. The Hall–Kier alpha value is -2.27. The van der Waals surface area contributed by atoms with Gasteiger partial charge in [-0.2, -0.15) is 0 Å². The summed E-state index contributed by atoms with van der Waals surface area (Å²) in [5, 5.41) is 14.2. The SMILES string of the molecule is Cn1cc(-c2oncc2C(=O)O)c2ccc(Cl)cc21. The van der Waals surface area contributed by atoms with Gasteiger partial charge < -0.3 is 14.2 Å². The molecule has 0 spiro atoms. The second-order valence-corrected chi connectivity index (χ2v) is 4.63. The third-order valence-corrected chi connectivity index (χ3v) is 3.23. The Bertz CT molecular complexity index is 788. The zero-order valence-corrected chi connectivity index (χ0v) is 10.7. The number of fused-ring (bicyclic) bond motifs is 1. The average Bonchev–Trinajstić information content (AvgIpc) is 2.94. The second-order valence-electron chi connectivity index (χ2n) is 4.19. The number of hydrogen-bond donors (Lipinski definition) is 1. The summed E-state index contributed by atoms with van der Waals surface area (Å²) in [7, 11) is 1.86. The van der Waals surface area contributed by atoms with Crippen LogP contribution in [0.5, 0.6) is 0 Å². The van der Waals surface area contributed by atoms with Crippen molar-refractivity contribution >= 4 is 28.5 Å². The number of carboxylic acid groups (broad SMARTS) is 1. The van der Waals surface area contributed by atoms with Crippen molar-refractivity contribution in [1.82, 2.24) is 9.72 Å². The first kappa shape index (κ1) is 11.8. The standard InChI is InChI=1S/C13H9ClN2O3/c1-16-6-10(8-3-2-7(14)4-11(8)16)12-9(13(17)18)5-15-19-12/h2-6H,1H3,(H,17,18). The molecule has 3 aromatic rings. The number of aromatic carboxylic acids is 1. The number of rotatable bonds is 2. The first-order valence-corrected chi connectivity index (χ1v) is 5.88. The summed E-state index contributed by atoms with van der Waals surface area (Å²) < 4.78 is 6.95. The number of halogens is 1. The summed E-state index contributed by atoms with van der Waals surface area (Å²) in [6.45, 7) is 0. The van der Waals surface area contributed by atoms with E-state index in [9.17, 15) is 4.79 Å². The van der Waals surface area contributed by atoms with Crippen LogP contribution in [-0.2, 0) is 7.05 Å². The summed E-state index contributed by atoms with van der Waals surface area (Å²) >= 11 is 5.96. The lowest BCUT2D eigenvalue weighted by Crippen LogP contribution is -1.95. The first-order chi connectivity index (χ1) is 9.08. The largest absolute Gasteiger partial charge is 0.477 e. The lowest BCUT2D eigenvalue weighted by Gasteiger charge is -1.97. The van der Waals surface area contributed by atoms with Gasteiger partial charge in [-0.05, 0) is 12.1 Å². The van der Waals surface area contributed by atoms with Crippen molar-refractivity contribution in [3.8, 4) is 11.3 Å². The van der Waals surface area contributed by atoms with Crippen molar-refractivity contribution in [3.63, 3.8) is 0 Å². The number of carboxylic acids is 1. The fourth-order valence-electron chi connectivity index (χ4n) is 2.12. The second kappa shape index (κ2) is 4.13. The Morgan fingerprint density at radius 2 is 2.26 bits per heavy atom. The monoisotopic (exact) mass is 276 g/mol. The molecule has 0 aliphatic heterocycles. The van der Waals surface area contributed by atoms with Crippen molar-refractivity contribution in [2.45, 2.75) is 0 Å². The van der Waals surface area contributed by atoms with Crippen LogP contribution >= 0.6 is 11.6 Å². The van der Waals surface area contributed by atoms with Gasteiger partial charge in [0, 0.05) is 34.7 Å². The molecule has 0 aliphatic carbocycles. The third kappa shape index (κ3) is 1.79. The highest BCUT2D eigenvalue weighted by molar-refractivity contribution is 6.31. The molecule has 0 fully saturated rings. The summed E-state index contributed by atoms with van der Waals surface area (Å²) in [6.07, 6.45) is 3.00. The van der Waals surface area contributed by atoms with Crippen molar-refractivity contribution in [2.24, 2.45) is 7.05 Å². The molecule has 0 atom stereocenters. The average molecular weight is 277 g/mol. The number of aromatic nitrogens is 2. The molecule has 96 valence electrons. The summed E-state index contributed by atoms with van der Waals surface area (Å²) in [6, 6.07) is 5.41. The minimum atomic E-state index is -1.07. The summed E-state index contributed by atoms with van der Waals surface area (Å²) in [5.41, 5.74) is 1.63. The number of carbonyl (C=O) groups is 1. The molecule has 5 nitrogen and oxygen atoms in total. The molecular weight excluding hydrogens is 268 g/mol. The smallest absolute Gasteiger partial charge is 0.341 e. The fourth-order valence-corrected chi connectivity index (χ4v) is 2.29. The predicted octanol–water partition coefficient (Wildman–Crippen LogP) is 3.18. The molecule has 0 amide bonds. The molecule has 0 saturated heterocycles. The Balaban J connectivity index is 2.31. The van der Waals surface area contributed by atoms with Crippen LogP contribution in [0.3, 0.4) is 0 Å². The molecule has 6 heteroatoms. The van der Waals surface area contributed by atoms with Gasteiger partial charge in [-0.1, -0.05) is 22.8 Å². The molecule has 1 aromatic carbocycles. The highest BCUT2D eigenvalue weighted by Gasteiger charge is 2.20. The molecule has 0 aliphatic rings. The Labute approximate surface area is 113 Å². The highest BCUT2D eigenvalue weighted by atomic mass is 35.5. The van der Waals surface area contributed by atoms with Gasteiger partial charge in [0.1, 0.15) is 5.56 Å². The lowest BCUT2D eigenvalue weighted by atomic mass is 10.1. The molecule has 2 heterocycles. The zero-order chi connectivity index (χ0) is 13.6. The van der Waals surface area contributed by atoms with Gasteiger partial charge >= 0.3 is 5.97 Å². The van der Waals surface area contributed by atoms with E-state index in [4.69, 9.17) is 21.2 Å². The van der Waals surface area contributed by atoms with Crippen LogP contribution in [0.4, 0.5) is 0 Å². The maximum absolute atomic E-state index is 11.1. The van der Waals surface area contributed by atoms with Crippen LogP contribution in [-0.4, -0.2) is 20.8 Å². The minimum absolute atomic E-state index is 0.0439. The van der Waals surface area contributed by atoms with E-state index < -0.39 is 5.97 Å². The predicted molar refractivity (Wildman–Crippen MR) is 70.4 cm³/mol. The molecule has 0 unspecified atom stereocenters. The molecule has 3 rings (SSSR count). The van der Waals surface area contributed by atoms with Crippen LogP contribution < -0.4 is 0 Å². The van der Waals surface area contributed by atoms with E-state index >= 15 is 0 Å². The Kier molecular flexibility index (Phi) is 2.57. The fraction of sp³-hybridized carbons (Fsp3) is 0.0769. The van der Waals surface area contributed by atoms with E-state index in [2.05, 4.69) is 5.16 Å². The van der Waals surface area contributed by atoms with Crippen LogP contribution in [0.1, 0.15) is 10.4 Å². The van der Waals surface area contributed by atoms with E-state index in [1.54, 1.807) is 12.3 Å². The van der Waals surface area contributed by atoms with Crippen molar-refractivity contribution < 1.29 is 14.4 Å². The maximum Gasteiger partial charge on any atom is 0.341 e. The number of benzene rings is 1. The van der Waals surface area contributed by atoms with Gasteiger partial charge in [-0.3, -0.25) is 0 Å². The zero-order valence-electron chi connectivity index (χ0n) is 9.92. The number of aryl methyl sites for hydroxylation is 1. The Morgan fingerprint density at radius 1 is 1.47 bits per heavy atom. The molecule has 0 radical (unpaired) electrons. The quantitative estimate of drug-likeness (QED) is 0.780. The third-order valence-electron chi connectivity index (χ3n) is 3.00. The van der Waals surface area contributed by atoms with E-state index in [1.165, 1.54) is 6.20 Å². The van der Waals surface area contributed by atoms with E-state index in [1.807, 2.05) is 23.7 Å². The lowest BCUT2D eigenvalue weighted by molar-refractivity contribution is 0.0697. The molecule has 0 saturated carbocycles. The van der Waals surface area contributed by atoms with E-state index in [-0.39, 0.29) is 11.3 Å². The van der Waals surface area contributed by atoms with Crippen LogP contribution in [0.25, 0.3) is 22.2 Å². The molecular formula is C13H9ClN2O3. The molecule has 0 bridgehead atoms. The maximum atomic E-state index is 11.1. The Morgan fingerprint density at radius 3 is 3.00 bits per heavy atom. The van der Waals surface area contributed by atoms with Gasteiger partial charge in [-0.25, -0.2) is 4.79 Å². The molecule has 1 N–H and O–H groups in total. The van der Waals surface area contributed by atoms with Crippen molar-refractivity contribution in [1.29, 1.82) is 0 Å². The number of nitrogens with zero attached hydrogens (tertiary/aromatic N) is 2. The summed E-state index contributed by atoms with van der Waals surface area (Å²) in [4.78, 5) is 11.1. The van der Waals surface area contributed by atoms with Gasteiger partial charge in [0.2, 0.25) is 0 Å². The van der Waals surface area contributed by atoms with E-state index in [0.717, 1.165) is 10.9 Å². The van der Waals surface area contributed by atoms with Gasteiger partial charge in [0.15, 0.2) is 5.76 Å².